The summed E-state index contributed by atoms with van der Waals surface area (Å²) in [6.07, 6.45) is -5.48. The number of phenols is 1. The second-order valence-corrected chi connectivity index (χ2v) is 8.22. The van der Waals surface area contributed by atoms with E-state index in [0.717, 1.165) is 39.8 Å². The molecule has 0 unspecified atom stereocenters. The number of hydrogen-bond donors (Lipinski definition) is 6. The van der Waals surface area contributed by atoms with Crippen LogP contribution in [0.4, 0.5) is 0 Å². The Morgan fingerprint density at radius 3 is 2.35 bits per heavy atom. The molecule has 0 bridgehead atoms. The summed E-state index contributed by atoms with van der Waals surface area (Å²) < 4.78 is 11.4. The Kier molecular flexibility index (Phi) is 5.95. The first-order valence-electron chi connectivity index (χ1n) is 10.3. The number of phenolic OH excluding ortho intramolecular Hbond substituents is 1. The van der Waals surface area contributed by atoms with E-state index in [-0.39, 0.29) is 12.4 Å². The van der Waals surface area contributed by atoms with Crippen molar-refractivity contribution in [1.82, 2.24) is 0 Å². The number of rotatable bonds is 4. The van der Waals surface area contributed by atoms with Crippen molar-refractivity contribution >= 4 is 0 Å². The SMILES string of the molecule is Cc1c(O)ccc2c1CCc1c(C)c(O[C@@H]3O[C@H](CO)[C@@H](O)[C@H](O)[C@H]3O)cc(CO)c1-2. The molecular weight excluding hydrogens is 404 g/mol. The summed E-state index contributed by atoms with van der Waals surface area (Å²) in [5.41, 5.74) is 6.17. The molecule has 5 atom stereocenters. The van der Waals surface area contributed by atoms with Crippen molar-refractivity contribution in [2.75, 3.05) is 6.61 Å². The molecule has 0 radical (unpaired) electrons. The van der Waals surface area contributed by atoms with Gasteiger partial charge in [0.2, 0.25) is 6.29 Å². The quantitative estimate of drug-likeness (QED) is 0.409. The highest BCUT2D eigenvalue weighted by atomic mass is 16.7. The number of hydrogen-bond acceptors (Lipinski definition) is 8. The lowest BCUT2D eigenvalue weighted by atomic mass is 9.79. The maximum atomic E-state index is 10.3. The minimum absolute atomic E-state index is 0.243. The van der Waals surface area contributed by atoms with E-state index in [2.05, 4.69) is 0 Å². The molecule has 1 aliphatic heterocycles. The van der Waals surface area contributed by atoms with Crippen molar-refractivity contribution in [2.45, 2.75) is 64.0 Å². The highest BCUT2D eigenvalue weighted by Crippen LogP contribution is 2.44. The summed E-state index contributed by atoms with van der Waals surface area (Å²) in [5.74, 6) is 0.623. The first-order valence-corrected chi connectivity index (χ1v) is 10.3. The lowest BCUT2D eigenvalue weighted by Crippen LogP contribution is -2.60. The number of aliphatic hydroxyl groups excluding tert-OH is 5. The summed E-state index contributed by atoms with van der Waals surface area (Å²) in [4.78, 5) is 0. The highest BCUT2D eigenvalue weighted by Gasteiger charge is 2.45. The van der Waals surface area contributed by atoms with Gasteiger partial charge in [-0.1, -0.05) is 6.07 Å². The standard InChI is InChI=1S/C23H28O8/c1-10-13-3-4-14-11(2)17(7-12(8-24)19(14)15(13)5-6-16(10)26)30-23-22(29)21(28)20(27)18(9-25)31-23/h5-7,18,20-29H,3-4,8-9H2,1-2H3/t18-,20-,21+,22-,23-/m1/s1. The van der Waals surface area contributed by atoms with Gasteiger partial charge < -0.3 is 40.1 Å². The third kappa shape index (κ3) is 3.59. The third-order valence-corrected chi connectivity index (χ3v) is 6.48. The fourth-order valence-corrected chi connectivity index (χ4v) is 4.60. The Morgan fingerprint density at radius 2 is 1.68 bits per heavy atom. The summed E-state index contributed by atoms with van der Waals surface area (Å²) in [6.45, 7) is 2.96. The van der Waals surface area contributed by atoms with Crippen LogP contribution in [0.2, 0.25) is 0 Å². The molecule has 0 amide bonds. The summed E-state index contributed by atoms with van der Waals surface area (Å²) in [5, 5.41) is 59.9. The molecule has 8 heteroatoms. The number of fused-ring (bicyclic) bond motifs is 3. The zero-order valence-electron chi connectivity index (χ0n) is 17.4. The second kappa shape index (κ2) is 8.38. The Balaban J connectivity index is 1.74. The van der Waals surface area contributed by atoms with Gasteiger partial charge in [-0.2, -0.15) is 0 Å². The van der Waals surface area contributed by atoms with Crippen molar-refractivity contribution in [3.05, 3.63) is 46.0 Å². The maximum absolute atomic E-state index is 10.3. The molecule has 1 fully saturated rings. The molecule has 0 saturated carbocycles. The van der Waals surface area contributed by atoms with Crippen LogP contribution in [0.25, 0.3) is 11.1 Å². The molecule has 2 aliphatic rings. The van der Waals surface area contributed by atoms with Crippen molar-refractivity contribution < 1.29 is 40.1 Å². The topological polar surface area (TPSA) is 140 Å². The fraction of sp³-hybridized carbons (Fsp3) is 0.478. The zero-order valence-corrected chi connectivity index (χ0v) is 17.4. The molecule has 168 valence electrons. The number of benzene rings is 2. The largest absolute Gasteiger partial charge is 0.508 e. The lowest BCUT2D eigenvalue weighted by molar-refractivity contribution is -0.277. The van der Waals surface area contributed by atoms with E-state index >= 15 is 0 Å². The average molecular weight is 432 g/mol. The summed E-state index contributed by atoms with van der Waals surface area (Å²) in [6, 6.07) is 5.18. The van der Waals surface area contributed by atoms with Gasteiger partial charge in [-0.3, -0.25) is 0 Å². The molecule has 1 saturated heterocycles. The predicted molar refractivity (Wildman–Crippen MR) is 111 cm³/mol. The van der Waals surface area contributed by atoms with Gasteiger partial charge in [0, 0.05) is 0 Å². The highest BCUT2D eigenvalue weighted by molar-refractivity contribution is 5.80. The van der Waals surface area contributed by atoms with Crippen molar-refractivity contribution in [3.8, 4) is 22.6 Å². The van der Waals surface area contributed by atoms with Gasteiger partial charge in [0.15, 0.2) is 0 Å². The van der Waals surface area contributed by atoms with E-state index in [1.165, 1.54) is 0 Å². The van der Waals surface area contributed by atoms with Crippen LogP contribution in [0, 0.1) is 13.8 Å². The van der Waals surface area contributed by atoms with E-state index in [9.17, 15) is 30.6 Å². The van der Waals surface area contributed by atoms with Gasteiger partial charge >= 0.3 is 0 Å². The van der Waals surface area contributed by atoms with E-state index in [1.54, 1.807) is 12.1 Å². The summed E-state index contributed by atoms with van der Waals surface area (Å²) in [7, 11) is 0. The molecule has 8 nitrogen and oxygen atoms in total. The average Bonchev–Trinajstić information content (AvgIpc) is 2.77. The minimum atomic E-state index is -1.53. The molecule has 6 N–H and O–H groups in total. The molecular formula is C23H28O8. The smallest absolute Gasteiger partial charge is 0.229 e. The molecule has 0 spiro atoms. The van der Waals surface area contributed by atoms with Gasteiger partial charge in [-0.05, 0) is 77.8 Å². The Labute approximate surface area is 179 Å². The first-order chi connectivity index (χ1) is 14.8. The zero-order chi connectivity index (χ0) is 22.4. The molecule has 2 aromatic rings. The molecule has 1 aliphatic carbocycles. The van der Waals surface area contributed by atoms with Crippen LogP contribution in [0.5, 0.6) is 11.5 Å². The molecule has 2 aromatic carbocycles. The van der Waals surface area contributed by atoms with Crippen molar-refractivity contribution in [1.29, 1.82) is 0 Å². The Morgan fingerprint density at radius 1 is 0.968 bits per heavy atom. The third-order valence-electron chi connectivity index (χ3n) is 6.48. The predicted octanol–water partition coefficient (Wildman–Crippen LogP) is 0.446. The van der Waals surface area contributed by atoms with Crippen molar-refractivity contribution in [2.24, 2.45) is 0 Å². The molecule has 0 aromatic heterocycles. The van der Waals surface area contributed by atoms with Crippen LogP contribution in [0.1, 0.15) is 27.8 Å². The molecule has 4 rings (SSSR count). The van der Waals surface area contributed by atoms with E-state index in [1.807, 2.05) is 19.9 Å². The van der Waals surface area contributed by atoms with E-state index in [0.29, 0.717) is 17.7 Å². The number of aliphatic hydroxyl groups is 5. The van der Waals surface area contributed by atoms with Gasteiger partial charge in [-0.25, -0.2) is 0 Å². The molecule has 31 heavy (non-hydrogen) atoms. The van der Waals surface area contributed by atoms with E-state index < -0.39 is 37.3 Å². The van der Waals surface area contributed by atoms with Gasteiger partial charge in [-0.15, -0.1) is 0 Å². The second-order valence-electron chi connectivity index (χ2n) is 8.22. The Bertz CT molecular complexity index is 986. The van der Waals surface area contributed by atoms with Crippen LogP contribution in [-0.2, 0) is 24.2 Å². The maximum Gasteiger partial charge on any atom is 0.229 e. The van der Waals surface area contributed by atoms with Crippen LogP contribution >= 0.6 is 0 Å². The normalized spacial score (nSPS) is 27.5. The van der Waals surface area contributed by atoms with E-state index in [4.69, 9.17) is 9.47 Å². The summed E-state index contributed by atoms with van der Waals surface area (Å²) >= 11 is 0. The monoisotopic (exact) mass is 432 g/mol. The van der Waals surface area contributed by atoms with Gasteiger partial charge in [0.25, 0.3) is 0 Å². The van der Waals surface area contributed by atoms with Crippen LogP contribution < -0.4 is 4.74 Å². The van der Waals surface area contributed by atoms with Crippen LogP contribution in [0.15, 0.2) is 18.2 Å². The van der Waals surface area contributed by atoms with Crippen LogP contribution in [0.3, 0.4) is 0 Å². The van der Waals surface area contributed by atoms with Gasteiger partial charge in [0.1, 0.15) is 35.9 Å². The molecule has 1 heterocycles. The lowest BCUT2D eigenvalue weighted by Gasteiger charge is -2.40. The van der Waals surface area contributed by atoms with Crippen LogP contribution in [-0.4, -0.2) is 68.0 Å². The first kappa shape index (κ1) is 22.0. The minimum Gasteiger partial charge on any atom is -0.508 e. The van der Waals surface area contributed by atoms with Crippen molar-refractivity contribution in [3.63, 3.8) is 0 Å². The fourth-order valence-electron chi connectivity index (χ4n) is 4.60. The van der Waals surface area contributed by atoms with Gasteiger partial charge in [0.05, 0.1) is 13.2 Å². The Hall–Kier alpha value is -2.20. The number of aromatic hydroxyl groups is 1. The number of ether oxygens (including phenoxy) is 2.